The van der Waals surface area contributed by atoms with Crippen molar-refractivity contribution in [2.24, 2.45) is 5.84 Å². The lowest BCUT2D eigenvalue weighted by Crippen LogP contribution is -2.40. The average molecular weight is 262 g/mol. The monoisotopic (exact) mass is 261 g/mol. The summed E-state index contributed by atoms with van der Waals surface area (Å²) in [5.74, 6) is 3.99. The van der Waals surface area contributed by atoms with E-state index in [-0.39, 0.29) is 12.3 Å². The Morgan fingerprint density at radius 2 is 2.21 bits per heavy atom. The molecule has 76 valence electrons. The Morgan fingerprint density at radius 1 is 1.50 bits per heavy atom. The standard InChI is InChI=1S/C7H8BrN3O3/c8-5-2-1-4(14-5)7(13)10-3-6(12)11-9/h1-2H,3,9H2,(H,10,13)(H,11,12). The summed E-state index contributed by atoms with van der Waals surface area (Å²) in [5.41, 5.74) is 1.88. The van der Waals surface area contributed by atoms with E-state index in [0.29, 0.717) is 4.67 Å². The number of nitrogens with one attached hydrogen (secondary N) is 2. The second kappa shape index (κ2) is 4.77. The van der Waals surface area contributed by atoms with Crippen LogP contribution in [0.5, 0.6) is 0 Å². The van der Waals surface area contributed by atoms with Crippen molar-refractivity contribution in [3.8, 4) is 0 Å². The number of amides is 2. The molecule has 14 heavy (non-hydrogen) atoms. The van der Waals surface area contributed by atoms with Gasteiger partial charge in [-0.2, -0.15) is 0 Å². The first-order chi connectivity index (χ1) is 6.63. The number of rotatable bonds is 3. The van der Waals surface area contributed by atoms with Crippen molar-refractivity contribution in [3.05, 3.63) is 22.6 Å². The minimum atomic E-state index is -0.482. The maximum Gasteiger partial charge on any atom is 0.287 e. The molecule has 2 amide bonds. The van der Waals surface area contributed by atoms with Crippen molar-refractivity contribution < 1.29 is 14.0 Å². The first-order valence-electron chi connectivity index (χ1n) is 3.66. The predicted molar refractivity (Wildman–Crippen MR) is 51.1 cm³/mol. The zero-order chi connectivity index (χ0) is 10.6. The van der Waals surface area contributed by atoms with Gasteiger partial charge in [0.2, 0.25) is 0 Å². The second-order valence-electron chi connectivity index (χ2n) is 2.35. The van der Waals surface area contributed by atoms with Gasteiger partial charge in [0.15, 0.2) is 10.4 Å². The summed E-state index contributed by atoms with van der Waals surface area (Å²) >= 11 is 3.05. The van der Waals surface area contributed by atoms with Gasteiger partial charge in [-0.25, -0.2) is 5.84 Å². The molecule has 6 nitrogen and oxygen atoms in total. The van der Waals surface area contributed by atoms with E-state index in [2.05, 4.69) is 21.2 Å². The summed E-state index contributed by atoms with van der Waals surface area (Å²) in [4.78, 5) is 21.9. The minimum absolute atomic E-state index is 0.127. The van der Waals surface area contributed by atoms with E-state index in [4.69, 9.17) is 10.3 Å². The SMILES string of the molecule is NNC(=O)CNC(=O)c1ccc(Br)o1. The van der Waals surface area contributed by atoms with Gasteiger partial charge in [0.1, 0.15) is 0 Å². The molecule has 1 heterocycles. The first-order valence-corrected chi connectivity index (χ1v) is 4.45. The summed E-state index contributed by atoms with van der Waals surface area (Å²) in [6.45, 7) is -0.187. The summed E-state index contributed by atoms with van der Waals surface area (Å²) in [6.07, 6.45) is 0. The lowest BCUT2D eigenvalue weighted by molar-refractivity contribution is -0.120. The van der Waals surface area contributed by atoms with E-state index >= 15 is 0 Å². The molecule has 0 spiro atoms. The number of halogens is 1. The van der Waals surface area contributed by atoms with Gasteiger partial charge in [-0.3, -0.25) is 15.0 Å². The summed E-state index contributed by atoms with van der Waals surface area (Å²) in [6, 6.07) is 3.07. The predicted octanol–water partition coefficient (Wildman–Crippen LogP) is -0.238. The number of carbonyl (C=O) groups excluding carboxylic acids is 2. The van der Waals surface area contributed by atoms with Gasteiger partial charge in [-0.1, -0.05) is 0 Å². The van der Waals surface area contributed by atoms with Crippen LogP contribution in [0.4, 0.5) is 0 Å². The Bertz CT molecular complexity index is 350. The minimum Gasteiger partial charge on any atom is -0.444 e. The Hall–Kier alpha value is -1.34. The zero-order valence-electron chi connectivity index (χ0n) is 7.04. The van der Waals surface area contributed by atoms with Crippen molar-refractivity contribution in [3.63, 3.8) is 0 Å². The lowest BCUT2D eigenvalue weighted by Gasteiger charge is -2.00. The molecule has 0 atom stereocenters. The highest BCUT2D eigenvalue weighted by Crippen LogP contribution is 2.13. The topological polar surface area (TPSA) is 97.4 Å². The van der Waals surface area contributed by atoms with Crippen LogP contribution in [0.25, 0.3) is 0 Å². The molecular formula is C7H8BrN3O3. The molecule has 0 aliphatic heterocycles. The molecule has 0 aliphatic rings. The number of furan rings is 1. The Balaban J connectivity index is 2.47. The van der Waals surface area contributed by atoms with Crippen LogP contribution >= 0.6 is 15.9 Å². The fourth-order valence-corrected chi connectivity index (χ4v) is 1.04. The van der Waals surface area contributed by atoms with Crippen molar-refractivity contribution in [1.29, 1.82) is 0 Å². The molecular weight excluding hydrogens is 254 g/mol. The van der Waals surface area contributed by atoms with Gasteiger partial charge in [0.25, 0.3) is 11.8 Å². The number of hydrogen-bond donors (Lipinski definition) is 3. The van der Waals surface area contributed by atoms with Gasteiger partial charge >= 0.3 is 0 Å². The average Bonchev–Trinajstić information content (AvgIpc) is 2.60. The maximum atomic E-state index is 11.2. The largest absolute Gasteiger partial charge is 0.444 e. The number of nitrogens with two attached hydrogens (primary N) is 1. The molecule has 1 rings (SSSR count). The molecule has 0 saturated carbocycles. The molecule has 0 radical (unpaired) electrons. The van der Waals surface area contributed by atoms with E-state index in [1.165, 1.54) is 6.07 Å². The third-order valence-corrected chi connectivity index (χ3v) is 1.79. The fraction of sp³-hybridized carbons (Fsp3) is 0.143. The Labute approximate surface area is 87.9 Å². The fourth-order valence-electron chi connectivity index (χ4n) is 0.735. The highest BCUT2D eigenvalue weighted by molar-refractivity contribution is 9.10. The molecule has 1 aromatic rings. The highest BCUT2D eigenvalue weighted by Gasteiger charge is 2.10. The van der Waals surface area contributed by atoms with Crippen LogP contribution in [0.2, 0.25) is 0 Å². The van der Waals surface area contributed by atoms with Crippen LogP contribution in [-0.2, 0) is 4.79 Å². The van der Waals surface area contributed by atoms with E-state index in [1.807, 2.05) is 5.43 Å². The van der Waals surface area contributed by atoms with Gasteiger partial charge in [-0.05, 0) is 28.1 Å². The molecule has 0 saturated heterocycles. The van der Waals surface area contributed by atoms with Crippen molar-refractivity contribution in [2.75, 3.05) is 6.54 Å². The highest BCUT2D eigenvalue weighted by atomic mass is 79.9. The lowest BCUT2D eigenvalue weighted by atomic mass is 10.4. The van der Waals surface area contributed by atoms with Crippen LogP contribution in [0.1, 0.15) is 10.6 Å². The van der Waals surface area contributed by atoms with E-state index in [0.717, 1.165) is 0 Å². The van der Waals surface area contributed by atoms with Crippen LogP contribution in [0.3, 0.4) is 0 Å². The van der Waals surface area contributed by atoms with E-state index in [9.17, 15) is 9.59 Å². The maximum absolute atomic E-state index is 11.2. The van der Waals surface area contributed by atoms with E-state index < -0.39 is 11.8 Å². The molecule has 0 bridgehead atoms. The third kappa shape index (κ3) is 2.86. The Kier molecular flexibility index (Phi) is 3.66. The zero-order valence-corrected chi connectivity index (χ0v) is 8.63. The number of carbonyl (C=O) groups is 2. The molecule has 7 heteroatoms. The molecule has 0 aromatic carbocycles. The van der Waals surface area contributed by atoms with Crippen LogP contribution in [-0.4, -0.2) is 18.4 Å². The van der Waals surface area contributed by atoms with Gasteiger partial charge in [-0.15, -0.1) is 0 Å². The van der Waals surface area contributed by atoms with Crippen molar-refractivity contribution >= 4 is 27.7 Å². The molecule has 0 fully saturated rings. The summed E-state index contributed by atoms with van der Waals surface area (Å²) in [7, 11) is 0. The number of hydrogen-bond acceptors (Lipinski definition) is 4. The molecule has 1 aromatic heterocycles. The van der Waals surface area contributed by atoms with Crippen LogP contribution in [0, 0.1) is 0 Å². The normalized spacial score (nSPS) is 9.57. The molecule has 0 unspecified atom stereocenters. The van der Waals surface area contributed by atoms with Crippen LogP contribution in [0.15, 0.2) is 21.2 Å². The smallest absolute Gasteiger partial charge is 0.287 e. The van der Waals surface area contributed by atoms with E-state index in [1.54, 1.807) is 6.07 Å². The van der Waals surface area contributed by atoms with Crippen molar-refractivity contribution in [2.45, 2.75) is 0 Å². The third-order valence-electron chi connectivity index (χ3n) is 1.37. The number of hydrazine groups is 1. The molecule has 4 N–H and O–H groups in total. The molecule has 0 aliphatic carbocycles. The first kappa shape index (κ1) is 10.7. The second-order valence-corrected chi connectivity index (χ2v) is 3.14. The van der Waals surface area contributed by atoms with Gasteiger partial charge in [0, 0.05) is 0 Å². The quantitative estimate of drug-likeness (QED) is 0.398. The van der Waals surface area contributed by atoms with Gasteiger partial charge < -0.3 is 9.73 Å². The Morgan fingerprint density at radius 3 is 2.71 bits per heavy atom. The van der Waals surface area contributed by atoms with Crippen LogP contribution < -0.4 is 16.6 Å². The summed E-state index contributed by atoms with van der Waals surface area (Å²) in [5, 5.41) is 2.32. The van der Waals surface area contributed by atoms with Crippen molar-refractivity contribution in [1.82, 2.24) is 10.7 Å². The van der Waals surface area contributed by atoms with Gasteiger partial charge in [0.05, 0.1) is 6.54 Å². The summed E-state index contributed by atoms with van der Waals surface area (Å²) < 4.78 is 5.40.